The second-order valence-electron chi connectivity index (χ2n) is 6.73. The van der Waals surface area contributed by atoms with Crippen LogP contribution in [0.4, 0.5) is 0 Å². The average molecular weight is 406 g/mol. The van der Waals surface area contributed by atoms with Crippen molar-refractivity contribution in [3.05, 3.63) is 54.1 Å². The minimum atomic E-state index is -1.04. The number of carbonyl (C=O) groups is 2. The standard InChI is InChI=1S/C22H30O7/c1-16(23)14-20(28-15-18-10-12-19(27-3)13-11-18)7-5-9-22(26)29-17(2)6-4-8-21(24)25/h4-5,8-13,16-17,20,23H,6-7,14-15H2,1-3H3,(H,24,25)/b8-4+,9-5+/t16-,17-,20+/m1/s1. The van der Waals surface area contributed by atoms with Crippen LogP contribution in [0.25, 0.3) is 0 Å². The van der Waals surface area contributed by atoms with Gasteiger partial charge in [0.2, 0.25) is 0 Å². The minimum Gasteiger partial charge on any atom is -0.497 e. The van der Waals surface area contributed by atoms with Crippen molar-refractivity contribution in [2.45, 2.75) is 58.0 Å². The van der Waals surface area contributed by atoms with E-state index < -0.39 is 24.1 Å². The molecule has 160 valence electrons. The number of benzene rings is 1. The van der Waals surface area contributed by atoms with E-state index >= 15 is 0 Å². The zero-order valence-corrected chi connectivity index (χ0v) is 17.1. The van der Waals surface area contributed by atoms with Gasteiger partial charge in [0.25, 0.3) is 0 Å². The summed E-state index contributed by atoms with van der Waals surface area (Å²) in [6.45, 7) is 3.76. The van der Waals surface area contributed by atoms with Crippen molar-refractivity contribution in [3.8, 4) is 5.75 Å². The number of methoxy groups -OCH3 is 1. The highest BCUT2D eigenvalue weighted by Crippen LogP contribution is 2.15. The van der Waals surface area contributed by atoms with Gasteiger partial charge in [0.15, 0.2) is 0 Å². The van der Waals surface area contributed by atoms with Crippen LogP contribution in [0.3, 0.4) is 0 Å². The summed E-state index contributed by atoms with van der Waals surface area (Å²) in [5.74, 6) is -0.780. The average Bonchev–Trinajstić information content (AvgIpc) is 2.65. The molecule has 0 unspecified atom stereocenters. The third kappa shape index (κ3) is 11.7. The fourth-order valence-electron chi connectivity index (χ4n) is 2.51. The molecule has 0 saturated carbocycles. The first-order valence-corrected chi connectivity index (χ1v) is 9.49. The molecule has 0 aliphatic heterocycles. The molecule has 1 rings (SSSR count). The molecule has 7 heteroatoms. The van der Waals surface area contributed by atoms with E-state index in [2.05, 4.69) is 0 Å². The SMILES string of the molecule is COc1ccc(CO[C@@H](C/C=C/C(=O)O[C@H](C)C/C=C/C(=O)O)C[C@@H](C)O)cc1. The second kappa shape index (κ2) is 13.5. The number of aliphatic hydroxyl groups excluding tert-OH is 1. The first kappa shape index (κ1) is 24.4. The van der Waals surface area contributed by atoms with Crippen molar-refractivity contribution in [2.75, 3.05) is 7.11 Å². The van der Waals surface area contributed by atoms with Crippen molar-refractivity contribution in [3.63, 3.8) is 0 Å². The van der Waals surface area contributed by atoms with Gasteiger partial charge in [0.05, 0.1) is 25.9 Å². The second-order valence-corrected chi connectivity index (χ2v) is 6.73. The van der Waals surface area contributed by atoms with Gasteiger partial charge in [0.1, 0.15) is 11.9 Å². The molecular formula is C22H30O7. The Bertz CT molecular complexity index is 677. The Labute approximate surface area is 171 Å². The van der Waals surface area contributed by atoms with Crippen LogP contribution >= 0.6 is 0 Å². The monoisotopic (exact) mass is 406 g/mol. The van der Waals surface area contributed by atoms with Gasteiger partial charge in [-0.15, -0.1) is 0 Å². The van der Waals surface area contributed by atoms with E-state index in [9.17, 15) is 14.7 Å². The van der Waals surface area contributed by atoms with Crippen LogP contribution < -0.4 is 4.74 Å². The van der Waals surface area contributed by atoms with Crippen LogP contribution in [0, 0.1) is 0 Å². The molecule has 0 fully saturated rings. The van der Waals surface area contributed by atoms with Crippen molar-refractivity contribution in [2.24, 2.45) is 0 Å². The molecule has 2 N–H and O–H groups in total. The number of ether oxygens (including phenoxy) is 3. The predicted molar refractivity (Wildman–Crippen MR) is 109 cm³/mol. The van der Waals surface area contributed by atoms with Crippen molar-refractivity contribution < 1.29 is 34.0 Å². The fourth-order valence-corrected chi connectivity index (χ4v) is 2.51. The molecule has 0 saturated heterocycles. The van der Waals surface area contributed by atoms with Crippen molar-refractivity contribution in [1.82, 2.24) is 0 Å². The lowest BCUT2D eigenvalue weighted by Gasteiger charge is -2.18. The molecule has 0 heterocycles. The molecule has 1 aromatic rings. The molecule has 0 bridgehead atoms. The highest BCUT2D eigenvalue weighted by atomic mass is 16.5. The molecule has 0 radical (unpaired) electrons. The fraction of sp³-hybridized carbons (Fsp3) is 0.455. The zero-order chi connectivity index (χ0) is 21.6. The normalized spacial score (nSPS) is 14.6. The lowest BCUT2D eigenvalue weighted by molar-refractivity contribution is -0.142. The van der Waals surface area contributed by atoms with E-state index in [4.69, 9.17) is 19.3 Å². The van der Waals surface area contributed by atoms with Gasteiger partial charge in [-0.3, -0.25) is 0 Å². The quantitative estimate of drug-likeness (QED) is 0.383. The molecule has 0 amide bonds. The Balaban J connectivity index is 2.48. The van der Waals surface area contributed by atoms with Gasteiger partial charge >= 0.3 is 11.9 Å². The number of esters is 1. The van der Waals surface area contributed by atoms with Gasteiger partial charge in [-0.1, -0.05) is 24.3 Å². The van der Waals surface area contributed by atoms with Gasteiger partial charge in [-0.2, -0.15) is 0 Å². The maximum absolute atomic E-state index is 11.8. The molecule has 1 aromatic carbocycles. The Hall–Kier alpha value is -2.64. The van der Waals surface area contributed by atoms with Gasteiger partial charge in [-0.25, -0.2) is 9.59 Å². The summed E-state index contributed by atoms with van der Waals surface area (Å²) in [6.07, 6.45) is 5.43. The van der Waals surface area contributed by atoms with Crippen LogP contribution in [0.5, 0.6) is 5.75 Å². The number of carboxylic acid groups (broad SMARTS) is 1. The summed E-state index contributed by atoms with van der Waals surface area (Å²) in [5, 5.41) is 18.2. The van der Waals surface area contributed by atoms with Gasteiger partial charge < -0.3 is 24.4 Å². The summed E-state index contributed by atoms with van der Waals surface area (Å²) < 4.78 is 16.2. The minimum absolute atomic E-state index is 0.253. The van der Waals surface area contributed by atoms with Gasteiger partial charge in [-0.05, 0) is 44.4 Å². The summed E-state index contributed by atoms with van der Waals surface area (Å²) in [4.78, 5) is 22.3. The highest BCUT2D eigenvalue weighted by Gasteiger charge is 2.12. The molecule has 0 aliphatic carbocycles. The van der Waals surface area contributed by atoms with Crippen LogP contribution in [0.1, 0.15) is 38.7 Å². The number of aliphatic carboxylic acids is 1. The molecular weight excluding hydrogens is 376 g/mol. The molecule has 0 aliphatic rings. The lowest BCUT2D eigenvalue weighted by Crippen LogP contribution is -2.18. The number of aliphatic hydroxyl groups is 1. The largest absolute Gasteiger partial charge is 0.497 e. The van der Waals surface area contributed by atoms with Crippen molar-refractivity contribution in [1.29, 1.82) is 0 Å². The van der Waals surface area contributed by atoms with Gasteiger partial charge in [0, 0.05) is 18.6 Å². The number of hydrogen-bond donors (Lipinski definition) is 2. The molecule has 3 atom stereocenters. The third-order valence-corrected chi connectivity index (χ3v) is 3.95. The van der Waals surface area contributed by atoms with Crippen LogP contribution in [-0.2, 0) is 25.7 Å². The van der Waals surface area contributed by atoms with E-state index in [0.717, 1.165) is 17.4 Å². The molecule has 7 nitrogen and oxygen atoms in total. The first-order valence-electron chi connectivity index (χ1n) is 9.49. The van der Waals surface area contributed by atoms with Crippen LogP contribution in [-0.4, -0.2) is 47.6 Å². The summed E-state index contributed by atoms with van der Waals surface area (Å²) in [5.41, 5.74) is 0.980. The molecule has 0 aromatic heterocycles. The topological polar surface area (TPSA) is 102 Å². The highest BCUT2D eigenvalue weighted by molar-refractivity contribution is 5.82. The number of carboxylic acids is 1. The lowest BCUT2D eigenvalue weighted by atomic mass is 10.1. The predicted octanol–water partition coefficient (Wildman–Crippen LogP) is 3.26. The van der Waals surface area contributed by atoms with Crippen LogP contribution in [0.15, 0.2) is 48.6 Å². The van der Waals surface area contributed by atoms with E-state index in [1.54, 1.807) is 27.0 Å². The smallest absolute Gasteiger partial charge is 0.330 e. The number of rotatable bonds is 13. The Morgan fingerprint density at radius 2 is 1.72 bits per heavy atom. The van der Waals surface area contributed by atoms with Crippen LogP contribution in [0.2, 0.25) is 0 Å². The van der Waals surface area contributed by atoms with E-state index in [1.807, 2.05) is 24.3 Å². The third-order valence-electron chi connectivity index (χ3n) is 3.95. The summed E-state index contributed by atoms with van der Waals surface area (Å²) in [7, 11) is 1.61. The number of carbonyl (C=O) groups excluding carboxylic acids is 1. The van der Waals surface area contributed by atoms with E-state index in [1.165, 1.54) is 12.2 Å². The maximum Gasteiger partial charge on any atom is 0.330 e. The molecule has 29 heavy (non-hydrogen) atoms. The van der Waals surface area contributed by atoms with Crippen molar-refractivity contribution >= 4 is 11.9 Å². The van der Waals surface area contributed by atoms with E-state index in [0.29, 0.717) is 25.9 Å². The Kier molecular flexibility index (Phi) is 11.4. The molecule has 0 spiro atoms. The first-order chi connectivity index (χ1) is 13.8. The Morgan fingerprint density at radius 1 is 1.07 bits per heavy atom. The summed E-state index contributed by atoms with van der Waals surface area (Å²) in [6, 6.07) is 7.52. The van der Waals surface area contributed by atoms with E-state index in [-0.39, 0.29) is 6.10 Å². The maximum atomic E-state index is 11.8. The Morgan fingerprint density at radius 3 is 2.31 bits per heavy atom. The number of hydrogen-bond acceptors (Lipinski definition) is 6. The summed E-state index contributed by atoms with van der Waals surface area (Å²) >= 11 is 0. The zero-order valence-electron chi connectivity index (χ0n) is 17.1.